The van der Waals surface area contributed by atoms with Crippen LogP contribution in [0.5, 0.6) is 0 Å². The van der Waals surface area contributed by atoms with Gasteiger partial charge in [0.1, 0.15) is 6.04 Å². The second-order valence-electron chi connectivity index (χ2n) is 6.20. The zero-order chi connectivity index (χ0) is 20.9. The van der Waals surface area contributed by atoms with E-state index < -0.39 is 33.8 Å². The monoisotopic (exact) mass is 411 g/mol. The Balaban J connectivity index is 2.25. The number of nitrogens with one attached hydrogen (secondary N) is 1. The summed E-state index contributed by atoms with van der Waals surface area (Å²) in [5, 5.41) is 2.63. The standard InChI is InChI=1S/C18H25N3O6S/c1-4-20(5-2)28(25,26)14-8-6-13(7-9-14)18(24)21-11-10-19-17(23)15(21)12-16(22)27-3/h6-9,15H,4-5,10-12H2,1-3H3,(H,19,23)/t15-/m1/s1. The van der Waals surface area contributed by atoms with Gasteiger partial charge in [-0.25, -0.2) is 8.42 Å². The van der Waals surface area contributed by atoms with Crippen LogP contribution in [-0.2, 0) is 24.3 Å². The van der Waals surface area contributed by atoms with Crippen LogP contribution in [-0.4, -0.2) is 74.7 Å². The number of ether oxygens (including phenoxy) is 1. The molecule has 1 saturated heterocycles. The number of nitrogens with zero attached hydrogens (tertiary/aromatic N) is 2. The van der Waals surface area contributed by atoms with E-state index in [0.29, 0.717) is 13.1 Å². The number of carbonyl (C=O) groups is 3. The lowest BCUT2D eigenvalue weighted by Gasteiger charge is -2.34. The van der Waals surface area contributed by atoms with Crippen LogP contribution in [0.4, 0.5) is 0 Å². The van der Waals surface area contributed by atoms with Crippen molar-refractivity contribution < 1.29 is 27.5 Å². The van der Waals surface area contributed by atoms with E-state index in [9.17, 15) is 22.8 Å². The summed E-state index contributed by atoms with van der Waals surface area (Å²) < 4.78 is 31.0. The van der Waals surface area contributed by atoms with Crippen LogP contribution in [0.2, 0.25) is 0 Å². The third kappa shape index (κ3) is 4.50. The summed E-state index contributed by atoms with van der Waals surface area (Å²) >= 11 is 0. The zero-order valence-corrected chi connectivity index (χ0v) is 17.0. The van der Waals surface area contributed by atoms with Gasteiger partial charge in [-0.05, 0) is 24.3 Å². The summed E-state index contributed by atoms with van der Waals surface area (Å²) in [4.78, 5) is 38.0. The summed E-state index contributed by atoms with van der Waals surface area (Å²) in [6.07, 6.45) is -0.248. The van der Waals surface area contributed by atoms with Crippen LogP contribution in [0.1, 0.15) is 30.6 Å². The van der Waals surface area contributed by atoms with E-state index in [1.54, 1.807) is 13.8 Å². The second-order valence-corrected chi connectivity index (χ2v) is 8.14. The highest BCUT2D eigenvalue weighted by Crippen LogP contribution is 2.19. The number of benzene rings is 1. The Bertz CT molecular complexity index is 833. The maximum Gasteiger partial charge on any atom is 0.308 e. The van der Waals surface area contributed by atoms with Gasteiger partial charge in [0, 0.05) is 31.7 Å². The minimum Gasteiger partial charge on any atom is -0.469 e. The number of piperazine rings is 1. The highest BCUT2D eigenvalue weighted by atomic mass is 32.2. The molecule has 9 nitrogen and oxygen atoms in total. The van der Waals surface area contributed by atoms with E-state index in [1.165, 1.54) is 40.6 Å². The predicted octanol–water partition coefficient (Wildman–Crippen LogP) is 0.221. The Morgan fingerprint density at radius 2 is 1.82 bits per heavy atom. The van der Waals surface area contributed by atoms with E-state index >= 15 is 0 Å². The first-order chi connectivity index (χ1) is 13.3. The first-order valence-electron chi connectivity index (χ1n) is 9.01. The maximum atomic E-state index is 12.9. The van der Waals surface area contributed by atoms with Crippen molar-refractivity contribution in [3.8, 4) is 0 Å². The topological polar surface area (TPSA) is 113 Å². The third-order valence-corrected chi connectivity index (χ3v) is 6.69. The fourth-order valence-electron chi connectivity index (χ4n) is 3.05. The fourth-order valence-corrected chi connectivity index (χ4v) is 4.51. The molecule has 1 aliphatic heterocycles. The molecule has 0 aromatic heterocycles. The van der Waals surface area contributed by atoms with Crippen LogP contribution >= 0.6 is 0 Å². The van der Waals surface area contributed by atoms with Crippen molar-refractivity contribution in [3.63, 3.8) is 0 Å². The molecule has 154 valence electrons. The van der Waals surface area contributed by atoms with Gasteiger partial charge in [-0.1, -0.05) is 13.8 Å². The molecule has 1 N–H and O–H groups in total. The van der Waals surface area contributed by atoms with Crippen molar-refractivity contribution in [1.82, 2.24) is 14.5 Å². The highest BCUT2D eigenvalue weighted by Gasteiger charge is 2.35. The van der Waals surface area contributed by atoms with Crippen LogP contribution in [0.3, 0.4) is 0 Å². The van der Waals surface area contributed by atoms with E-state index in [1.807, 2.05) is 0 Å². The first-order valence-corrected chi connectivity index (χ1v) is 10.5. The molecule has 0 bridgehead atoms. The van der Waals surface area contributed by atoms with Gasteiger partial charge in [0.25, 0.3) is 5.91 Å². The molecule has 1 fully saturated rings. The van der Waals surface area contributed by atoms with E-state index in [4.69, 9.17) is 0 Å². The molecule has 0 unspecified atom stereocenters. The van der Waals surface area contributed by atoms with Gasteiger partial charge in [0.2, 0.25) is 15.9 Å². The number of carbonyl (C=O) groups excluding carboxylic acids is 3. The Hall–Kier alpha value is -2.46. The lowest BCUT2D eigenvalue weighted by molar-refractivity contribution is -0.145. The molecule has 2 amide bonds. The molecular formula is C18H25N3O6S. The molecule has 1 atom stereocenters. The predicted molar refractivity (Wildman–Crippen MR) is 101 cm³/mol. The Labute approximate surface area is 164 Å². The summed E-state index contributed by atoms with van der Waals surface area (Å²) in [6.45, 7) is 4.71. The van der Waals surface area contributed by atoms with Gasteiger partial charge in [-0.15, -0.1) is 0 Å². The molecule has 1 aromatic rings. The Morgan fingerprint density at radius 1 is 1.21 bits per heavy atom. The number of methoxy groups -OCH3 is 1. The molecule has 1 heterocycles. The maximum absolute atomic E-state index is 12.9. The van der Waals surface area contributed by atoms with Crippen LogP contribution in [0, 0.1) is 0 Å². The summed E-state index contributed by atoms with van der Waals surface area (Å²) in [5.41, 5.74) is 0.239. The largest absolute Gasteiger partial charge is 0.469 e. The second kappa shape index (κ2) is 9.16. The quantitative estimate of drug-likeness (QED) is 0.642. The lowest BCUT2D eigenvalue weighted by atomic mass is 10.1. The van der Waals surface area contributed by atoms with Crippen molar-refractivity contribution in [3.05, 3.63) is 29.8 Å². The van der Waals surface area contributed by atoms with Gasteiger partial charge >= 0.3 is 5.97 Å². The smallest absolute Gasteiger partial charge is 0.308 e. The zero-order valence-electron chi connectivity index (χ0n) is 16.2. The van der Waals surface area contributed by atoms with Gasteiger partial charge in [0.15, 0.2) is 0 Å². The van der Waals surface area contributed by atoms with Crippen molar-refractivity contribution in [2.75, 3.05) is 33.3 Å². The minimum absolute atomic E-state index is 0.0928. The summed E-state index contributed by atoms with van der Waals surface area (Å²) in [5.74, 6) is -1.47. The number of hydrogen-bond acceptors (Lipinski definition) is 6. The third-order valence-electron chi connectivity index (χ3n) is 4.62. The average molecular weight is 411 g/mol. The number of hydrogen-bond donors (Lipinski definition) is 1. The number of sulfonamides is 1. The summed E-state index contributed by atoms with van der Waals surface area (Å²) in [6, 6.07) is 4.62. The fraction of sp³-hybridized carbons (Fsp3) is 0.500. The van der Waals surface area contributed by atoms with Crippen molar-refractivity contribution in [1.29, 1.82) is 0 Å². The molecule has 0 saturated carbocycles. The highest BCUT2D eigenvalue weighted by molar-refractivity contribution is 7.89. The van der Waals surface area contributed by atoms with E-state index in [2.05, 4.69) is 10.1 Å². The molecule has 0 spiro atoms. The molecule has 2 rings (SSSR count). The first kappa shape index (κ1) is 21.8. The van der Waals surface area contributed by atoms with Gasteiger partial charge in [0.05, 0.1) is 18.4 Å². The van der Waals surface area contributed by atoms with Crippen molar-refractivity contribution in [2.24, 2.45) is 0 Å². The molecule has 0 aliphatic carbocycles. The van der Waals surface area contributed by atoms with E-state index in [-0.39, 0.29) is 30.0 Å². The molecular weight excluding hydrogens is 386 g/mol. The van der Waals surface area contributed by atoms with Crippen LogP contribution < -0.4 is 5.32 Å². The molecule has 28 heavy (non-hydrogen) atoms. The molecule has 10 heteroatoms. The number of rotatable bonds is 7. The van der Waals surface area contributed by atoms with Gasteiger partial charge < -0.3 is 15.0 Å². The van der Waals surface area contributed by atoms with Crippen molar-refractivity contribution >= 4 is 27.8 Å². The molecule has 1 aliphatic rings. The Kier molecular flexibility index (Phi) is 7.14. The van der Waals surface area contributed by atoms with Gasteiger partial charge in [-0.3, -0.25) is 14.4 Å². The molecule has 0 radical (unpaired) electrons. The lowest BCUT2D eigenvalue weighted by Crippen LogP contribution is -2.57. The number of amides is 2. The average Bonchev–Trinajstić information content (AvgIpc) is 2.69. The van der Waals surface area contributed by atoms with Crippen LogP contribution in [0.15, 0.2) is 29.2 Å². The van der Waals surface area contributed by atoms with Crippen LogP contribution in [0.25, 0.3) is 0 Å². The van der Waals surface area contributed by atoms with E-state index in [0.717, 1.165) is 0 Å². The normalized spacial score (nSPS) is 17.4. The Morgan fingerprint density at radius 3 is 2.36 bits per heavy atom. The number of esters is 1. The minimum atomic E-state index is -3.62. The van der Waals surface area contributed by atoms with Gasteiger partial charge in [-0.2, -0.15) is 4.31 Å². The molecule has 1 aromatic carbocycles. The van der Waals surface area contributed by atoms with Crippen molar-refractivity contribution in [2.45, 2.75) is 31.2 Å². The summed E-state index contributed by atoms with van der Waals surface area (Å²) in [7, 11) is -2.41. The SMILES string of the molecule is CCN(CC)S(=O)(=O)c1ccc(C(=O)N2CCNC(=O)[C@H]2CC(=O)OC)cc1.